The van der Waals surface area contributed by atoms with Crippen LogP contribution in [0.1, 0.15) is 17.5 Å². The molecule has 0 aromatic heterocycles. The molecule has 2 aromatic rings. The maximum atomic E-state index is 11.8. The van der Waals surface area contributed by atoms with E-state index >= 15 is 0 Å². The second-order valence-electron chi connectivity index (χ2n) is 6.73. The Morgan fingerprint density at radius 2 is 1.63 bits per heavy atom. The van der Waals surface area contributed by atoms with Crippen LogP contribution in [-0.2, 0) is 31.9 Å². The normalized spacial score (nSPS) is 20.7. The first-order valence-electron chi connectivity index (χ1n) is 8.82. The molecule has 7 heteroatoms. The van der Waals surface area contributed by atoms with E-state index in [0.29, 0.717) is 12.8 Å². The summed E-state index contributed by atoms with van der Waals surface area (Å²) >= 11 is 0. The number of ether oxygens (including phenoxy) is 1. The van der Waals surface area contributed by atoms with Crippen molar-refractivity contribution in [3.05, 3.63) is 71.8 Å². The third-order valence-electron chi connectivity index (χ3n) is 4.42. The maximum absolute atomic E-state index is 11.8. The largest absolute Gasteiger partial charge is 0.444 e. The molecule has 2 aromatic carbocycles. The van der Waals surface area contributed by atoms with E-state index in [4.69, 9.17) is 8.92 Å². The van der Waals surface area contributed by atoms with Crippen LogP contribution in [0.3, 0.4) is 0 Å². The van der Waals surface area contributed by atoms with Crippen LogP contribution in [0.4, 0.5) is 4.79 Å². The monoisotopic (exact) mass is 389 g/mol. The highest BCUT2D eigenvalue weighted by Gasteiger charge is 2.36. The lowest BCUT2D eigenvalue weighted by atomic mass is 9.96. The van der Waals surface area contributed by atoms with Crippen molar-refractivity contribution in [1.29, 1.82) is 0 Å². The van der Waals surface area contributed by atoms with Crippen LogP contribution in [0.25, 0.3) is 0 Å². The minimum absolute atomic E-state index is 0.235. The molecule has 0 radical (unpaired) electrons. The summed E-state index contributed by atoms with van der Waals surface area (Å²) in [7, 11) is -3.64. The fraction of sp³-hybridized carbons (Fsp3) is 0.350. The van der Waals surface area contributed by atoms with Crippen molar-refractivity contribution in [2.24, 2.45) is 0 Å². The molecule has 1 fully saturated rings. The molecule has 0 unspecified atom stereocenters. The van der Waals surface area contributed by atoms with E-state index in [1.807, 2.05) is 60.7 Å². The van der Waals surface area contributed by atoms with E-state index in [0.717, 1.165) is 17.4 Å². The summed E-state index contributed by atoms with van der Waals surface area (Å²) in [5, 5.41) is 2.82. The van der Waals surface area contributed by atoms with Crippen molar-refractivity contribution >= 4 is 16.2 Å². The number of amides is 1. The summed E-state index contributed by atoms with van der Waals surface area (Å²) in [5.74, 6) is 0. The van der Waals surface area contributed by atoms with Gasteiger partial charge in [0, 0.05) is 12.8 Å². The van der Waals surface area contributed by atoms with Gasteiger partial charge in [-0.25, -0.2) is 4.79 Å². The zero-order valence-corrected chi connectivity index (χ0v) is 15.9. The van der Waals surface area contributed by atoms with Crippen LogP contribution in [-0.4, -0.2) is 39.0 Å². The van der Waals surface area contributed by atoms with Crippen LogP contribution < -0.4 is 5.32 Å². The first kappa shape index (κ1) is 19.4. The van der Waals surface area contributed by atoms with Crippen LogP contribution in [0, 0.1) is 0 Å². The van der Waals surface area contributed by atoms with Gasteiger partial charge in [-0.15, -0.1) is 0 Å². The minimum Gasteiger partial charge on any atom is -0.444 e. The molecule has 6 nitrogen and oxygen atoms in total. The van der Waals surface area contributed by atoms with Crippen LogP contribution in [0.5, 0.6) is 0 Å². The average Bonchev–Trinajstić information content (AvgIpc) is 2.94. The van der Waals surface area contributed by atoms with Gasteiger partial charge < -0.3 is 10.1 Å². The summed E-state index contributed by atoms with van der Waals surface area (Å²) in [5.41, 5.74) is 2.03. The summed E-state index contributed by atoms with van der Waals surface area (Å²) < 4.78 is 34.1. The predicted octanol–water partition coefficient (Wildman–Crippen LogP) is 2.68. The Balaban J connectivity index is 1.72. The van der Waals surface area contributed by atoms with E-state index in [9.17, 15) is 13.2 Å². The number of hydrogen-bond donors (Lipinski definition) is 1. The van der Waals surface area contributed by atoms with Gasteiger partial charge in [0.1, 0.15) is 6.10 Å². The van der Waals surface area contributed by atoms with Crippen LogP contribution in [0.15, 0.2) is 60.7 Å². The van der Waals surface area contributed by atoms with Gasteiger partial charge in [0.25, 0.3) is 10.1 Å². The fourth-order valence-electron chi connectivity index (χ4n) is 3.30. The first-order valence-corrected chi connectivity index (χ1v) is 10.6. The first-order chi connectivity index (χ1) is 12.9. The van der Waals surface area contributed by atoms with E-state index in [-0.39, 0.29) is 12.5 Å². The Morgan fingerprint density at radius 3 is 2.22 bits per heavy atom. The molecule has 0 saturated carbocycles. The summed E-state index contributed by atoms with van der Waals surface area (Å²) in [6, 6.07) is 19.0. The zero-order valence-electron chi connectivity index (χ0n) is 15.1. The molecular formula is C20H23NO5S. The van der Waals surface area contributed by atoms with Gasteiger partial charge >= 0.3 is 6.09 Å². The number of rotatable bonds is 8. The standard InChI is InChI=1S/C20H23NO5S/c1-27(23,24)26-17(12-15-8-4-2-5-9-15)14-19-18(21-20(22)25-19)13-16-10-6-3-7-11-16/h2-11,17-19H,12-14H2,1H3,(H,21,22)/t17-,18+,19-/m1/s1. The summed E-state index contributed by atoms with van der Waals surface area (Å²) in [6.07, 6.45) is 0.780. The second-order valence-corrected chi connectivity index (χ2v) is 8.33. The predicted molar refractivity (Wildman–Crippen MR) is 102 cm³/mol. The number of benzene rings is 2. The Labute approximate surface area is 159 Å². The Morgan fingerprint density at radius 1 is 1.04 bits per heavy atom. The van der Waals surface area contributed by atoms with Crippen molar-refractivity contribution < 1.29 is 22.1 Å². The van der Waals surface area contributed by atoms with Gasteiger partial charge in [0.05, 0.1) is 18.4 Å². The minimum atomic E-state index is -3.64. The molecular weight excluding hydrogens is 366 g/mol. The molecule has 1 N–H and O–H groups in total. The molecule has 1 aliphatic rings. The third kappa shape index (κ3) is 6.08. The molecule has 1 heterocycles. The Hall–Kier alpha value is -2.38. The molecule has 27 heavy (non-hydrogen) atoms. The van der Waals surface area contributed by atoms with Gasteiger partial charge in [-0.3, -0.25) is 4.18 Å². The second kappa shape index (κ2) is 8.54. The highest BCUT2D eigenvalue weighted by Crippen LogP contribution is 2.22. The van der Waals surface area contributed by atoms with E-state index < -0.39 is 28.4 Å². The maximum Gasteiger partial charge on any atom is 0.407 e. The molecule has 0 aliphatic carbocycles. The average molecular weight is 389 g/mol. The van der Waals surface area contributed by atoms with E-state index in [2.05, 4.69) is 5.32 Å². The molecule has 3 atom stereocenters. The van der Waals surface area contributed by atoms with Crippen LogP contribution in [0.2, 0.25) is 0 Å². The molecule has 0 spiro atoms. The van der Waals surface area contributed by atoms with Crippen molar-refractivity contribution in [2.45, 2.75) is 37.5 Å². The Bertz CT molecular complexity index is 854. The number of hydrogen-bond acceptors (Lipinski definition) is 5. The van der Waals surface area contributed by atoms with Crippen molar-refractivity contribution in [1.82, 2.24) is 5.32 Å². The highest BCUT2D eigenvalue weighted by molar-refractivity contribution is 7.86. The van der Waals surface area contributed by atoms with Crippen molar-refractivity contribution in [2.75, 3.05) is 6.26 Å². The molecule has 1 saturated heterocycles. The number of carbonyl (C=O) groups is 1. The van der Waals surface area contributed by atoms with Crippen LogP contribution >= 0.6 is 0 Å². The SMILES string of the molecule is CS(=O)(=O)O[C@H](Cc1ccccc1)C[C@H]1OC(=O)N[C@H]1Cc1ccccc1. The molecule has 0 bridgehead atoms. The van der Waals surface area contributed by atoms with Gasteiger partial charge in [0.15, 0.2) is 0 Å². The fourth-order valence-corrected chi connectivity index (χ4v) is 3.94. The molecule has 1 amide bonds. The third-order valence-corrected chi connectivity index (χ3v) is 5.04. The Kier molecular flexibility index (Phi) is 6.13. The zero-order chi connectivity index (χ0) is 19.3. The number of carbonyl (C=O) groups excluding carboxylic acids is 1. The van der Waals surface area contributed by atoms with Gasteiger partial charge in [0.2, 0.25) is 0 Å². The van der Waals surface area contributed by atoms with Gasteiger partial charge in [-0.2, -0.15) is 8.42 Å². The topological polar surface area (TPSA) is 81.7 Å². The summed E-state index contributed by atoms with van der Waals surface area (Å²) in [4.78, 5) is 11.8. The van der Waals surface area contributed by atoms with E-state index in [1.165, 1.54) is 0 Å². The van der Waals surface area contributed by atoms with Gasteiger partial charge in [-0.05, 0) is 17.5 Å². The van der Waals surface area contributed by atoms with Crippen molar-refractivity contribution in [3.8, 4) is 0 Å². The van der Waals surface area contributed by atoms with Crippen molar-refractivity contribution in [3.63, 3.8) is 0 Å². The molecule has 144 valence electrons. The lowest BCUT2D eigenvalue weighted by Gasteiger charge is -2.23. The number of cyclic esters (lactones) is 1. The number of alkyl carbamates (subject to hydrolysis) is 1. The molecule has 3 rings (SSSR count). The lowest BCUT2D eigenvalue weighted by Crippen LogP contribution is -2.37. The smallest absolute Gasteiger partial charge is 0.407 e. The highest BCUT2D eigenvalue weighted by atomic mass is 32.2. The number of nitrogens with one attached hydrogen (secondary N) is 1. The lowest BCUT2D eigenvalue weighted by molar-refractivity contribution is 0.0874. The van der Waals surface area contributed by atoms with Gasteiger partial charge in [-0.1, -0.05) is 60.7 Å². The quantitative estimate of drug-likeness (QED) is 0.702. The molecule has 1 aliphatic heterocycles. The summed E-state index contributed by atoms with van der Waals surface area (Å²) in [6.45, 7) is 0. The van der Waals surface area contributed by atoms with E-state index in [1.54, 1.807) is 0 Å².